The third kappa shape index (κ3) is 3.73. The van der Waals surface area contributed by atoms with Crippen LogP contribution in [-0.2, 0) is 4.74 Å². The molecule has 3 unspecified atom stereocenters. The highest BCUT2D eigenvalue weighted by molar-refractivity contribution is 14.0. The van der Waals surface area contributed by atoms with Crippen molar-refractivity contribution in [3.05, 3.63) is 24.4 Å². The van der Waals surface area contributed by atoms with Crippen LogP contribution in [0, 0.1) is 11.3 Å². The third-order valence-corrected chi connectivity index (χ3v) is 7.43. The normalized spacial score (nSPS) is 30.7. The van der Waals surface area contributed by atoms with Crippen LogP contribution in [0.15, 0.2) is 29.4 Å². The minimum absolute atomic E-state index is 0. The van der Waals surface area contributed by atoms with Gasteiger partial charge in [-0.1, -0.05) is 18.9 Å². The minimum atomic E-state index is 0. The van der Waals surface area contributed by atoms with E-state index in [1.807, 2.05) is 12.3 Å². The van der Waals surface area contributed by atoms with Crippen molar-refractivity contribution in [3.8, 4) is 0 Å². The Hall–Kier alpha value is -1.09. The van der Waals surface area contributed by atoms with Crippen LogP contribution in [0.3, 0.4) is 0 Å². The van der Waals surface area contributed by atoms with Gasteiger partial charge in [0.05, 0.1) is 6.10 Å². The third-order valence-electron chi connectivity index (χ3n) is 7.43. The van der Waals surface area contributed by atoms with Crippen LogP contribution < -0.4 is 10.2 Å². The molecular formula is C22H34IN5O. The van der Waals surface area contributed by atoms with E-state index in [4.69, 9.17) is 9.73 Å². The number of guanidine groups is 1. The number of nitrogens with zero attached hydrogens (tertiary/aromatic N) is 4. The Morgan fingerprint density at radius 3 is 2.72 bits per heavy atom. The van der Waals surface area contributed by atoms with Gasteiger partial charge >= 0.3 is 0 Å². The van der Waals surface area contributed by atoms with E-state index in [-0.39, 0.29) is 24.0 Å². The second-order valence-electron chi connectivity index (χ2n) is 8.77. The van der Waals surface area contributed by atoms with Crippen LogP contribution in [0.5, 0.6) is 0 Å². The van der Waals surface area contributed by atoms with Crippen molar-refractivity contribution in [2.24, 2.45) is 16.3 Å². The molecule has 2 aliphatic heterocycles. The summed E-state index contributed by atoms with van der Waals surface area (Å²) < 4.78 is 6.16. The number of hydrogen-bond acceptors (Lipinski definition) is 4. The molecule has 1 aromatic heterocycles. The van der Waals surface area contributed by atoms with Crippen molar-refractivity contribution in [2.45, 2.75) is 51.2 Å². The number of anilines is 1. The van der Waals surface area contributed by atoms with Gasteiger partial charge in [-0.2, -0.15) is 0 Å². The van der Waals surface area contributed by atoms with Gasteiger partial charge in [-0.25, -0.2) is 4.98 Å². The molecule has 3 atom stereocenters. The van der Waals surface area contributed by atoms with Crippen molar-refractivity contribution in [1.82, 2.24) is 15.2 Å². The topological polar surface area (TPSA) is 53.0 Å². The first-order chi connectivity index (χ1) is 13.8. The fourth-order valence-electron chi connectivity index (χ4n) is 6.12. The summed E-state index contributed by atoms with van der Waals surface area (Å²) >= 11 is 0. The number of nitrogens with one attached hydrogen (secondary N) is 1. The van der Waals surface area contributed by atoms with E-state index < -0.39 is 0 Å². The molecular weight excluding hydrogens is 477 g/mol. The zero-order valence-electron chi connectivity index (χ0n) is 17.4. The van der Waals surface area contributed by atoms with Gasteiger partial charge < -0.3 is 19.9 Å². The Bertz CT molecular complexity index is 700. The summed E-state index contributed by atoms with van der Waals surface area (Å²) in [4.78, 5) is 14.2. The maximum atomic E-state index is 6.16. The van der Waals surface area contributed by atoms with Crippen molar-refractivity contribution in [2.75, 3.05) is 44.2 Å². The average Bonchev–Trinajstić information content (AvgIpc) is 3.41. The maximum absolute atomic E-state index is 6.16. The molecule has 5 rings (SSSR count). The van der Waals surface area contributed by atoms with E-state index in [0.29, 0.717) is 23.5 Å². The fraction of sp³-hybridized carbons (Fsp3) is 0.727. The van der Waals surface area contributed by atoms with Crippen LogP contribution in [0.1, 0.15) is 39.0 Å². The first kappa shape index (κ1) is 21.2. The predicted molar refractivity (Wildman–Crippen MR) is 127 cm³/mol. The molecule has 2 saturated carbocycles. The zero-order valence-corrected chi connectivity index (χ0v) is 19.8. The summed E-state index contributed by atoms with van der Waals surface area (Å²) in [5, 5.41) is 3.94. The lowest BCUT2D eigenvalue weighted by Gasteiger charge is -2.57. The number of aliphatic imine (C=N–C) groups is 1. The van der Waals surface area contributed by atoms with Gasteiger partial charge in [0.15, 0.2) is 5.96 Å². The number of pyridine rings is 1. The molecule has 0 bridgehead atoms. The van der Waals surface area contributed by atoms with Crippen LogP contribution in [-0.4, -0.2) is 67.3 Å². The lowest BCUT2D eigenvalue weighted by molar-refractivity contribution is -0.125. The molecule has 1 spiro atoms. The van der Waals surface area contributed by atoms with E-state index in [0.717, 1.165) is 51.1 Å². The molecule has 0 radical (unpaired) electrons. The van der Waals surface area contributed by atoms with Gasteiger partial charge in [0, 0.05) is 62.9 Å². The fourth-order valence-corrected chi connectivity index (χ4v) is 6.12. The molecule has 29 heavy (non-hydrogen) atoms. The van der Waals surface area contributed by atoms with Crippen LogP contribution in [0.4, 0.5) is 5.82 Å². The summed E-state index contributed by atoms with van der Waals surface area (Å²) in [6.45, 7) is 7.88. The van der Waals surface area contributed by atoms with Crippen LogP contribution in [0.2, 0.25) is 0 Å². The summed E-state index contributed by atoms with van der Waals surface area (Å²) in [6, 6.07) is 6.69. The number of hydrogen-bond donors (Lipinski definition) is 1. The van der Waals surface area contributed by atoms with E-state index in [1.54, 1.807) is 0 Å². The Morgan fingerprint density at radius 1 is 1.24 bits per heavy atom. The van der Waals surface area contributed by atoms with E-state index in [9.17, 15) is 0 Å². The molecule has 160 valence electrons. The maximum Gasteiger partial charge on any atom is 0.194 e. The van der Waals surface area contributed by atoms with Gasteiger partial charge in [-0.15, -0.1) is 24.0 Å². The van der Waals surface area contributed by atoms with Gasteiger partial charge in [0.2, 0.25) is 0 Å². The SMILES string of the molecule is CCN=C(NC1C2CCOC2C12CCCC2)N1CCN(c2ccccn2)CC1.I. The first-order valence-corrected chi connectivity index (χ1v) is 11.2. The smallest absolute Gasteiger partial charge is 0.194 e. The van der Waals surface area contributed by atoms with Gasteiger partial charge in [0.25, 0.3) is 0 Å². The molecule has 6 nitrogen and oxygen atoms in total. The second kappa shape index (κ2) is 8.96. The predicted octanol–water partition coefficient (Wildman–Crippen LogP) is 3.13. The molecule has 2 saturated heterocycles. The molecule has 2 aliphatic carbocycles. The van der Waals surface area contributed by atoms with Crippen LogP contribution >= 0.6 is 24.0 Å². The number of piperazine rings is 1. The number of halogens is 1. The lowest BCUT2D eigenvalue weighted by Crippen LogP contribution is -2.70. The number of fused-ring (bicyclic) bond motifs is 2. The number of ether oxygens (including phenoxy) is 1. The Morgan fingerprint density at radius 2 is 2.03 bits per heavy atom. The summed E-state index contributed by atoms with van der Waals surface area (Å²) in [6.07, 6.45) is 8.93. The molecule has 4 aliphatic rings. The van der Waals surface area contributed by atoms with Gasteiger partial charge in [-0.3, -0.25) is 4.99 Å². The average molecular weight is 511 g/mol. The summed E-state index contributed by atoms with van der Waals surface area (Å²) in [5.74, 6) is 2.87. The minimum Gasteiger partial charge on any atom is -0.377 e. The number of aromatic nitrogens is 1. The second-order valence-corrected chi connectivity index (χ2v) is 8.77. The molecule has 1 aromatic rings. The summed E-state index contributed by atoms with van der Waals surface area (Å²) in [5.41, 5.74) is 0.367. The molecule has 0 amide bonds. The van der Waals surface area contributed by atoms with Crippen molar-refractivity contribution >= 4 is 35.8 Å². The Labute approximate surface area is 191 Å². The van der Waals surface area contributed by atoms with Gasteiger partial charge in [-0.05, 0) is 38.3 Å². The van der Waals surface area contributed by atoms with E-state index in [2.05, 4.69) is 39.2 Å². The Balaban J connectivity index is 0.00000205. The quantitative estimate of drug-likeness (QED) is 0.384. The summed E-state index contributed by atoms with van der Waals surface area (Å²) in [7, 11) is 0. The standard InChI is InChI=1S/C22H33N5O.HI/c1-2-23-21(27-14-12-26(13-15-27)18-7-3-6-11-24-18)25-19-17-8-16-28-20(17)22(19)9-4-5-10-22;/h3,6-7,11,17,19-20H,2,4-5,8-10,12-16H2,1H3,(H,23,25);1H. The molecule has 0 aromatic carbocycles. The first-order valence-electron chi connectivity index (χ1n) is 11.2. The van der Waals surface area contributed by atoms with E-state index >= 15 is 0 Å². The monoisotopic (exact) mass is 511 g/mol. The largest absolute Gasteiger partial charge is 0.377 e. The highest BCUT2D eigenvalue weighted by Gasteiger charge is 2.65. The lowest BCUT2D eigenvalue weighted by atomic mass is 9.54. The molecule has 7 heteroatoms. The zero-order chi connectivity index (χ0) is 19.0. The van der Waals surface area contributed by atoms with E-state index in [1.165, 1.54) is 32.1 Å². The van der Waals surface area contributed by atoms with Crippen molar-refractivity contribution < 1.29 is 4.74 Å². The van der Waals surface area contributed by atoms with Crippen molar-refractivity contribution in [3.63, 3.8) is 0 Å². The number of rotatable bonds is 3. The van der Waals surface area contributed by atoms with Gasteiger partial charge in [0.1, 0.15) is 5.82 Å². The molecule has 1 N–H and O–H groups in total. The molecule has 3 heterocycles. The Kier molecular flexibility index (Phi) is 6.53. The highest BCUT2D eigenvalue weighted by atomic mass is 127. The van der Waals surface area contributed by atoms with Crippen molar-refractivity contribution in [1.29, 1.82) is 0 Å². The van der Waals surface area contributed by atoms with Crippen LogP contribution in [0.25, 0.3) is 0 Å². The highest BCUT2D eigenvalue weighted by Crippen LogP contribution is 2.60. The molecule has 4 fully saturated rings.